The van der Waals surface area contributed by atoms with Crippen molar-refractivity contribution in [1.29, 1.82) is 0 Å². The lowest BCUT2D eigenvalue weighted by Crippen LogP contribution is -2.40. The highest BCUT2D eigenvalue weighted by Gasteiger charge is 2.51. The number of aromatic nitrogens is 4. The van der Waals surface area contributed by atoms with E-state index in [-0.39, 0.29) is 6.61 Å². The molecule has 3 heterocycles. The molecule has 2 aromatic heterocycles. The van der Waals surface area contributed by atoms with Crippen molar-refractivity contribution in [1.82, 2.24) is 20.0 Å². The van der Waals surface area contributed by atoms with E-state index < -0.39 is 42.4 Å². The molecule has 3 rings (SSSR count). The van der Waals surface area contributed by atoms with Crippen molar-refractivity contribution in [2.75, 3.05) is 6.61 Å². The second kappa shape index (κ2) is 8.78. The maximum atomic E-state index is 11.6. The predicted octanol–water partition coefficient (Wildman–Crippen LogP) is 0.664. The van der Waals surface area contributed by atoms with E-state index in [4.69, 9.17) is 18.9 Å². The Morgan fingerprint density at radius 2 is 1.76 bits per heavy atom. The minimum absolute atomic E-state index is 0.191. The lowest BCUT2D eigenvalue weighted by atomic mass is 10.1. The van der Waals surface area contributed by atoms with Crippen LogP contribution in [0.2, 0.25) is 0 Å². The molecule has 1 aliphatic rings. The minimum Gasteiger partial charge on any atom is -0.463 e. The molecule has 2 aromatic rings. The first-order valence-corrected chi connectivity index (χ1v) is 8.81. The van der Waals surface area contributed by atoms with Gasteiger partial charge in [-0.1, -0.05) is 11.3 Å². The van der Waals surface area contributed by atoms with Gasteiger partial charge in [0.25, 0.3) is 0 Å². The van der Waals surface area contributed by atoms with Crippen LogP contribution in [0.4, 0.5) is 0 Å². The molecule has 11 heteroatoms. The first kappa shape index (κ1) is 20.4. The van der Waals surface area contributed by atoms with E-state index in [1.54, 1.807) is 30.6 Å². The summed E-state index contributed by atoms with van der Waals surface area (Å²) in [4.78, 5) is 38.6. The lowest BCUT2D eigenvalue weighted by Gasteiger charge is -2.23. The van der Waals surface area contributed by atoms with Crippen LogP contribution >= 0.6 is 0 Å². The van der Waals surface area contributed by atoms with Gasteiger partial charge in [-0.3, -0.25) is 19.4 Å². The van der Waals surface area contributed by atoms with Gasteiger partial charge in [-0.25, -0.2) is 4.68 Å². The molecule has 29 heavy (non-hydrogen) atoms. The first-order chi connectivity index (χ1) is 13.8. The van der Waals surface area contributed by atoms with Crippen LogP contribution in [-0.2, 0) is 33.3 Å². The molecular weight excluding hydrogens is 384 g/mol. The van der Waals surface area contributed by atoms with E-state index in [9.17, 15) is 14.4 Å². The Bertz CT molecular complexity index is 885. The largest absolute Gasteiger partial charge is 0.463 e. The minimum atomic E-state index is -1.02. The predicted molar refractivity (Wildman–Crippen MR) is 94.9 cm³/mol. The fraction of sp³-hybridized carbons (Fsp3) is 0.444. The van der Waals surface area contributed by atoms with Crippen LogP contribution in [0.5, 0.6) is 0 Å². The van der Waals surface area contributed by atoms with Crippen LogP contribution in [0.1, 0.15) is 27.0 Å². The number of carbonyl (C=O) groups excluding carboxylic acids is 3. The summed E-state index contributed by atoms with van der Waals surface area (Å²) in [5, 5.41) is 8.10. The summed E-state index contributed by atoms with van der Waals surface area (Å²) in [6, 6.07) is 5.34. The van der Waals surface area contributed by atoms with E-state index >= 15 is 0 Å². The number of hydrogen-bond acceptors (Lipinski definition) is 10. The van der Waals surface area contributed by atoms with Gasteiger partial charge in [0, 0.05) is 27.0 Å². The number of pyridine rings is 1. The average molecular weight is 404 g/mol. The van der Waals surface area contributed by atoms with E-state index in [0.717, 1.165) is 0 Å². The molecule has 0 N–H and O–H groups in total. The lowest BCUT2D eigenvalue weighted by molar-refractivity contribution is -0.166. The van der Waals surface area contributed by atoms with Gasteiger partial charge in [-0.15, -0.1) is 5.10 Å². The van der Waals surface area contributed by atoms with E-state index in [1.807, 2.05) is 0 Å². The Morgan fingerprint density at radius 1 is 1.03 bits per heavy atom. The van der Waals surface area contributed by atoms with Crippen molar-refractivity contribution in [2.24, 2.45) is 0 Å². The molecule has 0 aromatic carbocycles. The smallest absolute Gasteiger partial charge is 0.303 e. The third-order valence-electron chi connectivity index (χ3n) is 4.04. The zero-order chi connectivity index (χ0) is 21.0. The van der Waals surface area contributed by atoms with E-state index in [0.29, 0.717) is 11.4 Å². The van der Waals surface area contributed by atoms with Gasteiger partial charge in [0.15, 0.2) is 18.4 Å². The van der Waals surface area contributed by atoms with E-state index in [1.165, 1.54) is 25.5 Å². The average Bonchev–Trinajstić information content (AvgIpc) is 3.26. The van der Waals surface area contributed by atoms with Gasteiger partial charge < -0.3 is 18.9 Å². The number of ether oxygens (including phenoxy) is 4. The Morgan fingerprint density at radius 3 is 2.38 bits per heavy atom. The molecule has 0 saturated carbocycles. The summed E-state index contributed by atoms with van der Waals surface area (Å²) in [6.45, 7) is 3.49. The fourth-order valence-corrected chi connectivity index (χ4v) is 2.94. The summed E-state index contributed by atoms with van der Waals surface area (Å²) in [6.07, 6.45) is -0.636. The summed E-state index contributed by atoms with van der Waals surface area (Å²) in [7, 11) is 0. The number of hydrogen-bond donors (Lipinski definition) is 0. The van der Waals surface area contributed by atoms with Gasteiger partial charge >= 0.3 is 17.9 Å². The van der Waals surface area contributed by atoms with Gasteiger partial charge in [0.2, 0.25) is 0 Å². The molecule has 1 saturated heterocycles. The van der Waals surface area contributed by atoms with E-state index in [2.05, 4.69) is 15.3 Å². The molecule has 0 bridgehead atoms. The SMILES string of the molecule is CC(=O)OC[C@H]1O[C@@H](n2cc(-c3ccccn3)nn2)[C@H](OC(C)=O)[C@@H]1OC(C)=O. The molecule has 0 amide bonds. The highest BCUT2D eigenvalue weighted by molar-refractivity contribution is 5.68. The normalized spacial score (nSPS) is 23.4. The Balaban J connectivity index is 1.90. The van der Waals surface area contributed by atoms with Gasteiger partial charge in [-0.05, 0) is 12.1 Å². The molecule has 0 spiro atoms. The molecule has 0 aliphatic carbocycles. The van der Waals surface area contributed by atoms with Crippen LogP contribution < -0.4 is 0 Å². The van der Waals surface area contributed by atoms with Crippen molar-refractivity contribution in [2.45, 2.75) is 45.3 Å². The topological polar surface area (TPSA) is 132 Å². The summed E-state index contributed by atoms with van der Waals surface area (Å²) < 4.78 is 22.9. The molecule has 0 unspecified atom stereocenters. The number of nitrogens with zero attached hydrogens (tertiary/aromatic N) is 4. The molecule has 11 nitrogen and oxygen atoms in total. The molecule has 0 radical (unpaired) electrons. The Hall–Kier alpha value is -3.34. The standard InChI is InChI=1S/C18H20N4O7/c1-10(23)26-9-15-16(27-11(2)24)17(28-12(3)25)18(29-15)22-8-14(20-21-22)13-6-4-5-7-19-13/h4-8,15-18H,9H2,1-3H3/t15-,16-,17-,18-/m1/s1. The Kier molecular flexibility index (Phi) is 6.17. The van der Waals surface area contributed by atoms with Crippen LogP contribution in [0.3, 0.4) is 0 Å². The molecule has 154 valence electrons. The second-order valence-corrected chi connectivity index (χ2v) is 6.31. The van der Waals surface area contributed by atoms with Crippen molar-refractivity contribution < 1.29 is 33.3 Å². The Labute approximate surface area is 165 Å². The van der Waals surface area contributed by atoms with Crippen LogP contribution in [0.25, 0.3) is 11.4 Å². The monoisotopic (exact) mass is 404 g/mol. The van der Waals surface area contributed by atoms with Crippen LogP contribution in [-0.4, -0.2) is 62.8 Å². The van der Waals surface area contributed by atoms with Gasteiger partial charge in [0.1, 0.15) is 18.4 Å². The molecule has 1 aliphatic heterocycles. The molecular formula is C18H20N4O7. The third kappa shape index (κ3) is 4.93. The highest BCUT2D eigenvalue weighted by Crippen LogP contribution is 2.34. The number of carbonyl (C=O) groups is 3. The maximum absolute atomic E-state index is 11.6. The maximum Gasteiger partial charge on any atom is 0.303 e. The number of rotatable bonds is 6. The van der Waals surface area contributed by atoms with Crippen LogP contribution in [0, 0.1) is 0 Å². The fourth-order valence-electron chi connectivity index (χ4n) is 2.94. The summed E-state index contributed by atoms with van der Waals surface area (Å²) in [5.41, 5.74) is 1.07. The van der Waals surface area contributed by atoms with Crippen LogP contribution in [0.15, 0.2) is 30.6 Å². The van der Waals surface area contributed by atoms with Crippen molar-refractivity contribution in [3.8, 4) is 11.4 Å². The van der Waals surface area contributed by atoms with Gasteiger partial charge in [-0.2, -0.15) is 0 Å². The van der Waals surface area contributed by atoms with Crippen molar-refractivity contribution >= 4 is 17.9 Å². The first-order valence-electron chi connectivity index (χ1n) is 8.81. The van der Waals surface area contributed by atoms with Crippen molar-refractivity contribution in [3.63, 3.8) is 0 Å². The number of esters is 3. The quantitative estimate of drug-likeness (QED) is 0.500. The van der Waals surface area contributed by atoms with Gasteiger partial charge in [0.05, 0.1) is 11.9 Å². The molecule has 4 atom stereocenters. The summed E-state index contributed by atoms with van der Waals surface area (Å²) in [5.74, 6) is -1.73. The van der Waals surface area contributed by atoms with Crippen molar-refractivity contribution in [3.05, 3.63) is 30.6 Å². The zero-order valence-corrected chi connectivity index (χ0v) is 16.0. The highest BCUT2D eigenvalue weighted by atomic mass is 16.7. The third-order valence-corrected chi connectivity index (χ3v) is 4.04. The summed E-state index contributed by atoms with van der Waals surface area (Å²) >= 11 is 0. The zero-order valence-electron chi connectivity index (χ0n) is 16.0. The second-order valence-electron chi connectivity index (χ2n) is 6.31. The molecule has 1 fully saturated rings.